The van der Waals surface area contributed by atoms with Gasteiger partial charge in [0.2, 0.25) is 11.8 Å². The third-order valence-electron chi connectivity index (χ3n) is 3.29. The average molecular weight is 287 g/mol. The molecule has 2 aliphatic heterocycles. The van der Waals surface area contributed by atoms with Gasteiger partial charge in [-0.15, -0.1) is 0 Å². The van der Waals surface area contributed by atoms with Gasteiger partial charge >= 0.3 is 0 Å². The Bertz CT molecular complexity index is 328. The van der Waals surface area contributed by atoms with E-state index in [4.69, 9.17) is 4.74 Å². The van der Waals surface area contributed by atoms with Gasteiger partial charge in [0.25, 0.3) is 0 Å². The molecule has 19 heavy (non-hydrogen) atoms. The van der Waals surface area contributed by atoms with Crippen LogP contribution in [0, 0.1) is 0 Å². The fraction of sp³-hybridized carbons (Fsp3) is 0.833. The minimum absolute atomic E-state index is 0.0277. The van der Waals surface area contributed by atoms with Crippen molar-refractivity contribution in [2.24, 2.45) is 0 Å². The second-order valence-corrected chi connectivity index (χ2v) is 5.90. The van der Waals surface area contributed by atoms with Crippen LogP contribution in [-0.4, -0.2) is 73.2 Å². The van der Waals surface area contributed by atoms with Gasteiger partial charge in [-0.1, -0.05) is 0 Å². The van der Waals surface area contributed by atoms with Crippen LogP contribution in [0.4, 0.5) is 0 Å². The fourth-order valence-corrected chi connectivity index (χ4v) is 3.10. The van der Waals surface area contributed by atoms with Crippen LogP contribution in [0.5, 0.6) is 0 Å². The van der Waals surface area contributed by atoms with Gasteiger partial charge in [0.1, 0.15) is 6.04 Å². The summed E-state index contributed by atoms with van der Waals surface area (Å²) in [6, 6.07) is -0.655. The van der Waals surface area contributed by atoms with Crippen molar-refractivity contribution in [2.45, 2.75) is 19.0 Å². The van der Waals surface area contributed by atoms with Crippen molar-refractivity contribution in [1.29, 1.82) is 0 Å². The Morgan fingerprint density at radius 1 is 1.42 bits per heavy atom. The maximum absolute atomic E-state index is 12.1. The summed E-state index contributed by atoms with van der Waals surface area (Å²) in [5.74, 6) is 1.69. The van der Waals surface area contributed by atoms with Crippen LogP contribution in [0.1, 0.15) is 6.92 Å². The van der Waals surface area contributed by atoms with E-state index in [1.165, 1.54) is 0 Å². The van der Waals surface area contributed by atoms with Gasteiger partial charge in [-0.25, -0.2) is 0 Å². The van der Waals surface area contributed by atoms with E-state index in [1.54, 1.807) is 23.6 Å². The SMILES string of the molecule is CC(NC(=O)C1CSCCN1)C(=O)N1CCOCC1. The largest absolute Gasteiger partial charge is 0.378 e. The summed E-state index contributed by atoms with van der Waals surface area (Å²) in [6.45, 7) is 4.95. The molecular weight excluding hydrogens is 266 g/mol. The molecule has 2 fully saturated rings. The van der Waals surface area contributed by atoms with E-state index in [0.717, 1.165) is 18.1 Å². The third kappa shape index (κ3) is 4.09. The molecule has 0 saturated carbocycles. The number of carbonyl (C=O) groups excluding carboxylic acids is 2. The van der Waals surface area contributed by atoms with Crippen molar-refractivity contribution in [3.63, 3.8) is 0 Å². The number of carbonyl (C=O) groups is 2. The highest BCUT2D eigenvalue weighted by Crippen LogP contribution is 2.08. The molecule has 2 amide bonds. The summed E-state index contributed by atoms with van der Waals surface area (Å²) in [5.41, 5.74) is 0. The van der Waals surface area contributed by atoms with Crippen LogP contribution in [0.15, 0.2) is 0 Å². The number of nitrogens with zero attached hydrogens (tertiary/aromatic N) is 1. The number of morpholine rings is 1. The Morgan fingerprint density at radius 3 is 2.79 bits per heavy atom. The summed E-state index contributed by atoms with van der Waals surface area (Å²) >= 11 is 1.76. The number of rotatable bonds is 3. The summed E-state index contributed by atoms with van der Waals surface area (Å²) in [6.07, 6.45) is 0. The summed E-state index contributed by atoms with van der Waals surface area (Å²) < 4.78 is 5.21. The second-order valence-electron chi connectivity index (χ2n) is 4.75. The van der Waals surface area contributed by atoms with Crippen LogP contribution < -0.4 is 10.6 Å². The first-order chi connectivity index (χ1) is 9.18. The van der Waals surface area contributed by atoms with Gasteiger partial charge in [-0.3, -0.25) is 9.59 Å². The van der Waals surface area contributed by atoms with E-state index in [9.17, 15) is 9.59 Å². The Labute approximate surface area is 117 Å². The first-order valence-corrected chi connectivity index (χ1v) is 7.82. The van der Waals surface area contributed by atoms with E-state index >= 15 is 0 Å². The summed E-state index contributed by atoms with van der Waals surface area (Å²) in [5, 5.41) is 5.96. The Morgan fingerprint density at radius 2 is 2.16 bits per heavy atom. The van der Waals surface area contributed by atoms with E-state index in [-0.39, 0.29) is 17.9 Å². The molecule has 7 heteroatoms. The lowest BCUT2D eigenvalue weighted by molar-refractivity contribution is -0.139. The van der Waals surface area contributed by atoms with Crippen molar-refractivity contribution >= 4 is 23.6 Å². The molecule has 0 aliphatic carbocycles. The molecule has 2 atom stereocenters. The van der Waals surface area contributed by atoms with E-state index < -0.39 is 6.04 Å². The molecule has 0 radical (unpaired) electrons. The van der Waals surface area contributed by atoms with Crippen LogP contribution in [-0.2, 0) is 14.3 Å². The Balaban J connectivity index is 1.80. The van der Waals surface area contributed by atoms with Crippen molar-refractivity contribution in [3.8, 4) is 0 Å². The van der Waals surface area contributed by atoms with Crippen LogP contribution >= 0.6 is 11.8 Å². The van der Waals surface area contributed by atoms with Crippen LogP contribution in [0.25, 0.3) is 0 Å². The zero-order valence-electron chi connectivity index (χ0n) is 11.2. The number of thioether (sulfide) groups is 1. The maximum atomic E-state index is 12.1. The van der Waals surface area contributed by atoms with Gasteiger partial charge in [-0.05, 0) is 6.92 Å². The topological polar surface area (TPSA) is 70.7 Å². The smallest absolute Gasteiger partial charge is 0.245 e. The molecule has 0 aromatic carbocycles. The zero-order chi connectivity index (χ0) is 13.7. The molecule has 2 rings (SSSR count). The quantitative estimate of drug-likeness (QED) is 0.701. The van der Waals surface area contributed by atoms with Crippen molar-refractivity contribution in [3.05, 3.63) is 0 Å². The highest BCUT2D eigenvalue weighted by molar-refractivity contribution is 7.99. The minimum atomic E-state index is -0.473. The minimum Gasteiger partial charge on any atom is -0.378 e. The first-order valence-electron chi connectivity index (χ1n) is 6.66. The molecule has 2 N–H and O–H groups in total. The van der Waals surface area contributed by atoms with Gasteiger partial charge < -0.3 is 20.3 Å². The van der Waals surface area contributed by atoms with Crippen molar-refractivity contribution < 1.29 is 14.3 Å². The molecule has 2 heterocycles. The number of nitrogens with one attached hydrogen (secondary N) is 2. The fourth-order valence-electron chi connectivity index (χ4n) is 2.17. The van der Waals surface area contributed by atoms with Crippen molar-refractivity contribution in [1.82, 2.24) is 15.5 Å². The highest BCUT2D eigenvalue weighted by atomic mass is 32.2. The lowest BCUT2D eigenvalue weighted by Gasteiger charge is -2.30. The van der Waals surface area contributed by atoms with Gasteiger partial charge in [0, 0.05) is 31.1 Å². The molecule has 108 valence electrons. The predicted molar refractivity (Wildman–Crippen MR) is 74.1 cm³/mol. The van der Waals surface area contributed by atoms with E-state index in [0.29, 0.717) is 26.3 Å². The molecule has 0 aromatic rings. The Kier molecular flexibility index (Phi) is 5.47. The predicted octanol–water partition coefficient (Wildman–Crippen LogP) is -0.945. The molecule has 2 unspecified atom stereocenters. The zero-order valence-corrected chi connectivity index (χ0v) is 12.0. The molecule has 6 nitrogen and oxygen atoms in total. The lowest BCUT2D eigenvalue weighted by atomic mass is 10.2. The number of amides is 2. The van der Waals surface area contributed by atoms with Crippen LogP contribution in [0.2, 0.25) is 0 Å². The van der Waals surface area contributed by atoms with Gasteiger partial charge in [0.15, 0.2) is 0 Å². The van der Waals surface area contributed by atoms with E-state index in [1.807, 2.05) is 0 Å². The lowest BCUT2D eigenvalue weighted by Crippen LogP contribution is -2.55. The molecule has 2 saturated heterocycles. The summed E-state index contributed by atoms with van der Waals surface area (Å²) in [4.78, 5) is 25.9. The van der Waals surface area contributed by atoms with Gasteiger partial charge in [0.05, 0.1) is 19.3 Å². The molecule has 0 bridgehead atoms. The van der Waals surface area contributed by atoms with Crippen molar-refractivity contribution in [2.75, 3.05) is 44.4 Å². The van der Waals surface area contributed by atoms with E-state index in [2.05, 4.69) is 10.6 Å². The maximum Gasteiger partial charge on any atom is 0.245 e. The Hall–Kier alpha value is -0.790. The summed E-state index contributed by atoms with van der Waals surface area (Å²) in [7, 11) is 0. The monoisotopic (exact) mass is 287 g/mol. The molecule has 0 spiro atoms. The normalized spacial score (nSPS) is 25.7. The number of hydrogen-bond acceptors (Lipinski definition) is 5. The molecular formula is C12H21N3O3S. The molecule has 2 aliphatic rings. The number of hydrogen-bond donors (Lipinski definition) is 2. The standard InChI is InChI=1S/C12H21N3O3S/c1-9(12(17)15-3-5-18-6-4-15)14-11(16)10-8-19-7-2-13-10/h9-10,13H,2-8H2,1H3,(H,14,16). The highest BCUT2D eigenvalue weighted by Gasteiger charge is 2.27. The average Bonchev–Trinajstić information content (AvgIpc) is 2.48. The number of ether oxygens (including phenoxy) is 1. The van der Waals surface area contributed by atoms with Gasteiger partial charge in [-0.2, -0.15) is 11.8 Å². The molecule has 0 aromatic heterocycles. The second kappa shape index (κ2) is 7.12. The van der Waals surface area contributed by atoms with Crippen LogP contribution in [0.3, 0.4) is 0 Å². The third-order valence-corrected chi connectivity index (χ3v) is 4.35. The first kappa shape index (κ1) is 14.6.